The highest BCUT2D eigenvalue weighted by Gasteiger charge is 2.23. The molecule has 0 fully saturated rings. The summed E-state index contributed by atoms with van der Waals surface area (Å²) in [5.41, 5.74) is 7.10. The van der Waals surface area contributed by atoms with Crippen molar-refractivity contribution in [3.63, 3.8) is 0 Å². The van der Waals surface area contributed by atoms with Crippen LogP contribution in [0.3, 0.4) is 0 Å². The first-order valence-electron chi connectivity index (χ1n) is 7.55. The number of nitrogens with one attached hydrogen (secondary N) is 1. The molecule has 0 amide bonds. The largest absolute Gasteiger partial charge is 0.303 e. The van der Waals surface area contributed by atoms with E-state index in [0.29, 0.717) is 12.1 Å². The number of aryl methyl sites for hydroxylation is 3. The maximum atomic E-state index is 3.81. The summed E-state index contributed by atoms with van der Waals surface area (Å²) < 4.78 is 0. The summed E-state index contributed by atoms with van der Waals surface area (Å²) in [5.74, 6) is 0. The first kappa shape index (κ1) is 13.4. The van der Waals surface area contributed by atoms with Crippen LogP contribution < -0.4 is 5.32 Å². The van der Waals surface area contributed by atoms with E-state index in [0.717, 1.165) is 0 Å². The molecule has 0 spiro atoms. The van der Waals surface area contributed by atoms with Crippen LogP contribution in [-0.4, -0.2) is 0 Å². The van der Waals surface area contributed by atoms with Gasteiger partial charge in [-0.15, -0.1) is 0 Å². The summed E-state index contributed by atoms with van der Waals surface area (Å²) in [6, 6.07) is 16.6. The lowest BCUT2D eigenvalue weighted by atomic mass is 10.0. The van der Waals surface area contributed by atoms with E-state index in [1.54, 1.807) is 0 Å². The average molecular weight is 265 g/mol. The van der Waals surface area contributed by atoms with Crippen LogP contribution in [0.2, 0.25) is 0 Å². The van der Waals surface area contributed by atoms with E-state index in [1.807, 2.05) is 0 Å². The van der Waals surface area contributed by atoms with Crippen molar-refractivity contribution >= 4 is 0 Å². The van der Waals surface area contributed by atoms with Crippen LogP contribution in [0.15, 0.2) is 42.5 Å². The molecule has 0 radical (unpaired) electrons. The lowest BCUT2D eigenvalue weighted by Gasteiger charge is -2.21. The van der Waals surface area contributed by atoms with Gasteiger partial charge in [-0.2, -0.15) is 0 Å². The Bertz CT molecular complexity index is 615. The van der Waals surface area contributed by atoms with Crippen molar-refractivity contribution in [3.05, 3.63) is 70.3 Å². The smallest absolute Gasteiger partial charge is 0.0331 e. The summed E-state index contributed by atoms with van der Waals surface area (Å²) in [6.07, 6.45) is 2.42. The third-order valence-electron chi connectivity index (χ3n) is 4.37. The van der Waals surface area contributed by atoms with Gasteiger partial charge in [0.1, 0.15) is 0 Å². The van der Waals surface area contributed by atoms with Crippen LogP contribution in [0.4, 0.5) is 0 Å². The molecule has 0 bridgehead atoms. The maximum Gasteiger partial charge on any atom is 0.0331 e. The van der Waals surface area contributed by atoms with E-state index in [4.69, 9.17) is 0 Å². The Labute approximate surface area is 122 Å². The van der Waals surface area contributed by atoms with Gasteiger partial charge in [-0.05, 0) is 50.3 Å². The predicted octanol–water partition coefficient (Wildman–Crippen LogP) is 4.64. The number of rotatable bonds is 3. The van der Waals surface area contributed by atoms with Crippen LogP contribution in [0.25, 0.3) is 0 Å². The molecular formula is C19H23N. The Morgan fingerprint density at radius 1 is 1.05 bits per heavy atom. The molecule has 2 aromatic rings. The lowest BCUT2D eigenvalue weighted by Crippen LogP contribution is -2.23. The van der Waals surface area contributed by atoms with Crippen molar-refractivity contribution in [2.24, 2.45) is 0 Å². The van der Waals surface area contributed by atoms with Crippen LogP contribution >= 0.6 is 0 Å². The Morgan fingerprint density at radius 2 is 1.85 bits per heavy atom. The summed E-state index contributed by atoms with van der Waals surface area (Å²) in [6.45, 7) is 6.60. The third-order valence-corrected chi connectivity index (χ3v) is 4.37. The molecular weight excluding hydrogens is 242 g/mol. The van der Waals surface area contributed by atoms with Gasteiger partial charge in [0, 0.05) is 12.1 Å². The minimum Gasteiger partial charge on any atom is -0.303 e. The van der Waals surface area contributed by atoms with Gasteiger partial charge in [0.15, 0.2) is 0 Å². The summed E-state index contributed by atoms with van der Waals surface area (Å²) in [7, 11) is 0. The zero-order valence-corrected chi connectivity index (χ0v) is 12.6. The zero-order valence-electron chi connectivity index (χ0n) is 12.6. The quantitative estimate of drug-likeness (QED) is 0.852. The highest BCUT2D eigenvalue weighted by Crippen LogP contribution is 2.33. The van der Waals surface area contributed by atoms with Crippen LogP contribution in [0.5, 0.6) is 0 Å². The number of benzene rings is 2. The van der Waals surface area contributed by atoms with Gasteiger partial charge in [-0.3, -0.25) is 0 Å². The molecule has 20 heavy (non-hydrogen) atoms. The Morgan fingerprint density at radius 3 is 2.65 bits per heavy atom. The summed E-state index contributed by atoms with van der Waals surface area (Å²) in [4.78, 5) is 0. The molecule has 1 unspecified atom stereocenters. The molecule has 2 atom stereocenters. The fraction of sp³-hybridized carbons (Fsp3) is 0.368. The highest BCUT2D eigenvalue weighted by atomic mass is 14.9. The van der Waals surface area contributed by atoms with Crippen molar-refractivity contribution in [3.8, 4) is 0 Å². The van der Waals surface area contributed by atoms with E-state index in [9.17, 15) is 0 Å². The highest BCUT2D eigenvalue weighted by molar-refractivity contribution is 5.38. The Kier molecular flexibility index (Phi) is 3.62. The molecule has 0 heterocycles. The molecule has 1 aliphatic carbocycles. The number of fused-ring (bicyclic) bond motifs is 1. The first-order chi connectivity index (χ1) is 9.63. The molecule has 1 aliphatic rings. The van der Waals surface area contributed by atoms with E-state index in [1.165, 1.54) is 40.7 Å². The van der Waals surface area contributed by atoms with E-state index < -0.39 is 0 Å². The minimum atomic E-state index is 0.395. The molecule has 2 aromatic carbocycles. The van der Waals surface area contributed by atoms with Gasteiger partial charge < -0.3 is 5.32 Å². The van der Waals surface area contributed by atoms with E-state index in [2.05, 4.69) is 68.6 Å². The maximum absolute atomic E-state index is 3.81. The fourth-order valence-corrected chi connectivity index (χ4v) is 3.23. The molecule has 0 saturated carbocycles. The molecule has 3 rings (SSSR count). The van der Waals surface area contributed by atoms with Crippen molar-refractivity contribution in [2.45, 2.75) is 45.7 Å². The molecule has 0 aliphatic heterocycles. The van der Waals surface area contributed by atoms with Crippen LogP contribution in [0, 0.1) is 13.8 Å². The van der Waals surface area contributed by atoms with Gasteiger partial charge in [0.25, 0.3) is 0 Å². The summed E-state index contributed by atoms with van der Waals surface area (Å²) >= 11 is 0. The number of hydrogen-bond donors (Lipinski definition) is 1. The van der Waals surface area contributed by atoms with Gasteiger partial charge in [0.05, 0.1) is 0 Å². The predicted molar refractivity (Wildman–Crippen MR) is 85.0 cm³/mol. The molecule has 1 heteroatoms. The molecule has 1 nitrogen and oxygen atoms in total. The number of hydrogen-bond acceptors (Lipinski definition) is 1. The standard InChI is InChI=1S/C19H23N/c1-13-5-4-6-17(11-13)15(3)20-19-10-9-16-8-7-14(2)12-18(16)19/h4-8,11-12,15,19-20H,9-10H2,1-3H3/t15-,19?/m1/s1. The van der Waals surface area contributed by atoms with Gasteiger partial charge in [-0.25, -0.2) is 0 Å². The molecule has 1 N–H and O–H groups in total. The zero-order chi connectivity index (χ0) is 14.1. The van der Waals surface area contributed by atoms with Crippen molar-refractivity contribution in [1.29, 1.82) is 0 Å². The minimum absolute atomic E-state index is 0.395. The van der Waals surface area contributed by atoms with Crippen LogP contribution in [0.1, 0.15) is 53.2 Å². The van der Waals surface area contributed by atoms with Gasteiger partial charge in [0.2, 0.25) is 0 Å². The second-order valence-corrected chi connectivity index (χ2v) is 6.10. The lowest BCUT2D eigenvalue weighted by molar-refractivity contribution is 0.464. The SMILES string of the molecule is Cc1cccc([C@@H](C)NC2CCc3ccc(C)cc32)c1. The van der Waals surface area contributed by atoms with Gasteiger partial charge in [-0.1, -0.05) is 53.6 Å². The summed E-state index contributed by atoms with van der Waals surface area (Å²) in [5, 5.41) is 3.81. The van der Waals surface area contributed by atoms with E-state index in [-0.39, 0.29) is 0 Å². The Balaban J connectivity index is 1.78. The van der Waals surface area contributed by atoms with Crippen molar-refractivity contribution in [1.82, 2.24) is 5.32 Å². The molecule has 104 valence electrons. The van der Waals surface area contributed by atoms with E-state index >= 15 is 0 Å². The normalized spacial score (nSPS) is 18.9. The third kappa shape index (κ3) is 2.64. The molecule has 0 aromatic heterocycles. The topological polar surface area (TPSA) is 12.0 Å². The van der Waals surface area contributed by atoms with Crippen molar-refractivity contribution in [2.75, 3.05) is 0 Å². The van der Waals surface area contributed by atoms with Gasteiger partial charge >= 0.3 is 0 Å². The second-order valence-electron chi connectivity index (χ2n) is 6.10. The first-order valence-corrected chi connectivity index (χ1v) is 7.55. The molecule has 0 saturated heterocycles. The average Bonchev–Trinajstić information content (AvgIpc) is 2.81. The van der Waals surface area contributed by atoms with Crippen molar-refractivity contribution < 1.29 is 0 Å². The second kappa shape index (κ2) is 5.41. The monoisotopic (exact) mass is 265 g/mol. The Hall–Kier alpha value is -1.60. The fourth-order valence-electron chi connectivity index (χ4n) is 3.23. The van der Waals surface area contributed by atoms with Crippen LogP contribution in [-0.2, 0) is 6.42 Å².